The lowest BCUT2D eigenvalue weighted by molar-refractivity contribution is -0.141. The van der Waals surface area contributed by atoms with Gasteiger partial charge in [-0.05, 0) is 6.07 Å². The first-order chi connectivity index (χ1) is 21.5. The molecule has 3 aromatic carbocycles. The second kappa shape index (κ2) is 9.59. The highest BCUT2D eigenvalue weighted by atomic mass is 16.6. The fourth-order valence-electron chi connectivity index (χ4n) is 6.31. The number of carbonyl (C=O) groups excluding carboxylic acids is 3. The molecule has 4 aliphatic rings. The molecule has 6 bridgehead atoms. The largest absolute Gasteiger partial charge is 0.504 e. The summed E-state index contributed by atoms with van der Waals surface area (Å²) in [4.78, 5) is 41.4. The lowest BCUT2D eigenvalue weighted by atomic mass is 9.69. The van der Waals surface area contributed by atoms with E-state index in [1.807, 2.05) is 0 Å². The third-order valence-corrected chi connectivity index (χ3v) is 8.51. The molecule has 17 heteroatoms. The topological polar surface area (TPSA) is 301 Å². The van der Waals surface area contributed by atoms with Crippen molar-refractivity contribution in [2.75, 3.05) is 6.61 Å². The molecule has 0 saturated carbocycles. The van der Waals surface area contributed by atoms with Crippen LogP contribution in [0.25, 0.3) is 22.3 Å². The van der Waals surface area contributed by atoms with E-state index in [1.165, 1.54) is 13.8 Å². The van der Waals surface area contributed by atoms with Gasteiger partial charge in [-0.1, -0.05) is 13.8 Å². The zero-order valence-electron chi connectivity index (χ0n) is 23.5. The summed E-state index contributed by atoms with van der Waals surface area (Å²) >= 11 is 0. The maximum absolute atomic E-state index is 14.2. The number of cyclic esters (lactones) is 1. The molecule has 0 amide bonds. The Morgan fingerprint density at radius 2 is 1.11 bits per heavy atom. The van der Waals surface area contributed by atoms with Crippen LogP contribution >= 0.6 is 0 Å². The number of hydrogen-bond acceptors (Lipinski definition) is 17. The van der Waals surface area contributed by atoms with Crippen molar-refractivity contribution in [1.29, 1.82) is 0 Å². The molecular formula is C29H24O17. The molecule has 4 atom stereocenters. The van der Waals surface area contributed by atoms with Crippen LogP contribution in [0, 0.1) is 0 Å². The Labute approximate surface area is 255 Å². The highest BCUT2D eigenvalue weighted by Gasteiger charge is 2.56. The van der Waals surface area contributed by atoms with Crippen LogP contribution in [-0.4, -0.2) is 105 Å². The second-order valence-corrected chi connectivity index (χ2v) is 11.4. The van der Waals surface area contributed by atoms with E-state index in [0.29, 0.717) is 6.07 Å². The monoisotopic (exact) mass is 644 g/mol. The van der Waals surface area contributed by atoms with E-state index in [4.69, 9.17) is 14.2 Å². The van der Waals surface area contributed by atoms with Crippen LogP contribution in [0.2, 0.25) is 0 Å². The van der Waals surface area contributed by atoms with Crippen molar-refractivity contribution in [1.82, 2.24) is 0 Å². The number of aliphatic hydroxyl groups is 2. The molecule has 0 fully saturated rings. The lowest BCUT2D eigenvalue weighted by Crippen LogP contribution is -2.58. The van der Waals surface area contributed by atoms with E-state index in [0.717, 1.165) is 0 Å². The van der Waals surface area contributed by atoms with Crippen LogP contribution in [0.4, 0.5) is 0 Å². The maximum atomic E-state index is 14.2. The van der Waals surface area contributed by atoms with Crippen LogP contribution in [0.15, 0.2) is 6.07 Å². The number of fused-ring (bicyclic) bond motifs is 3. The molecule has 4 aliphatic heterocycles. The molecule has 0 radical (unpaired) electrons. The summed E-state index contributed by atoms with van der Waals surface area (Å²) in [6.45, 7) is 1.42. The zero-order chi connectivity index (χ0) is 33.9. The molecule has 0 aromatic heterocycles. The number of aromatic hydroxyl groups is 9. The van der Waals surface area contributed by atoms with Crippen LogP contribution in [0.3, 0.4) is 0 Å². The second-order valence-electron chi connectivity index (χ2n) is 11.4. The number of benzene rings is 3. The van der Waals surface area contributed by atoms with Crippen molar-refractivity contribution in [3.8, 4) is 74.0 Å². The standard InChI is InChI=1S/C29H24O17/c1-29(2)14-13-11(20(37)23(40)21(14)38)10-12-9(18(35)22(39)19(10)36)8-5(3-6(31)15(32)17(8)34)26(41)44-7(4-30)16(33)24(45-27(12)42)25(29)46-28(13)43/h3,7,16,24-25,30-40H,4H2,1-2H3/t7-,16-,24+,25+/m1/s1. The molecule has 4 heterocycles. The van der Waals surface area contributed by atoms with Crippen molar-refractivity contribution >= 4 is 17.9 Å². The fraction of sp³-hybridized carbons (Fsp3) is 0.276. The Hall–Kier alpha value is -5.81. The predicted octanol–water partition coefficient (Wildman–Crippen LogP) is 0.619. The van der Waals surface area contributed by atoms with Gasteiger partial charge in [-0.3, -0.25) is 0 Å². The van der Waals surface area contributed by atoms with Gasteiger partial charge in [0, 0.05) is 33.2 Å². The van der Waals surface area contributed by atoms with Gasteiger partial charge in [0.25, 0.3) is 0 Å². The Morgan fingerprint density at radius 1 is 0.609 bits per heavy atom. The van der Waals surface area contributed by atoms with Gasteiger partial charge in [0.2, 0.25) is 17.2 Å². The highest BCUT2D eigenvalue weighted by molar-refractivity contribution is 6.16. The van der Waals surface area contributed by atoms with Crippen molar-refractivity contribution in [3.05, 3.63) is 28.3 Å². The maximum Gasteiger partial charge on any atom is 0.340 e. The van der Waals surface area contributed by atoms with Crippen LogP contribution in [-0.2, 0) is 19.6 Å². The highest BCUT2D eigenvalue weighted by Crippen LogP contribution is 2.62. The molecule has 0 unspecified atom stereocenters. The Morgan fingerprint density at radius 3 is 1.70 bits per heavy atom. The first-order valence-corrected chi connectivity index (χ1v) is 13.3. The minimum atomic E-state index is -2.27. The number of phenols is 9. The van der Waals surface area contributed by atoms with Crippen molar-refractivity contribution in [2.24, 2.45) is 0 Å². The van der Waals surface area contributed by atoms with E-state index in [1.54, 1.807) is 0 Å². The average molecular weight is 644 g/mol. The molecule has 0 saturated heterocycles. The average Bonchev–Trinajstić information content (AvgIpc) is 3.01. The molecule has 7 rings (SSSR count). The number of phenolic OH excluding ortho intramolecular Hbond substituents is 9. The Bertz CT molecular complexity index is 1930. The summed E-state index contributed by atoms with van der Waals surface area (Å²) in [5.41, 5.74) is -9.36. The third-order valence-electron chi connectivity index (χ3n) is 8.51. The first-order valence-electron chi connectivity index (χ1n) is 13.3. The number of aliphatic hydroxyl groups excluding tert-OH is 2. The molecule has 3 aromatic rings. The number of hydrogen-bond donors (Lipinski definition) is 11. The van der Waals surface area contributed by atoms with Crippen molar-refractivity contribution < 1.29 is 84.8 Å². The number of rotatable bonds is 1. The van der Waals surface area contributed by atoms with Gasteiger partial charge < -0.3 is 70.4 Å². The van der Waals surface area contributed by atoms with Crippen LogP contribution < -0.4 is 0 Å². The van der Waals surface area contributed by atoms with Gasteiger partial charge in [-0.15, -0.1) is 0 Å². The Balaban J connectivity index is 1.96. The summed E-state index contributed by atoms with van der Waals surface area (Å²) in [6, 6.07) is 0.503. The van der Waals surface area contributed by atoms with Gasteiger partial charge in [0.15, 0.2) is 52.8 Å². The van der Waals surface area contributed by atoms with E-state index in [-0.39, 0.29) is 0 Å². The number of ether oxygens (including phenoxy) is 3. The normalized spacial score (nSPS) is 22.7. The minimum absolute atomic E-state index is 0.480. The van der Waals surface area contributed by atoms with Crippen molar-refractivity contribution in [3.63, 3.8) is 0 Å². The summed E-state index contributed by atoms with van der Waals surface area (Å²) in [5.74, 6) is -16.7. The summed E-state index contributed by atoms with van der Waals surface area (Å²) in [5, 5.41) is 119. The third kappa shape index (κ3) is 3.66. The van der Waals surface area contributed by atoms with Gasteiger partial charge in [-0.25, -0.2) is 14.4 Å². The van der Waals surface area contributed by atoms with Gasteiger partial charge in [0.05, 0.1) is 23.3 Å². The van der Waals surface area contributed by atoms with E-state index in [9.17, 15) is 70.6 Å². The molecule has 0 spiro atoms. The number of carbonyl (C=O) groups is 3. The lowest BCUT2D eigenvalue weighted by Gasteiger charge is -2.45. The van der Waals surface area contributed by atoms with Gasteiger partial charge in [0.1, 0.15) is 6.10 Å². The summed E-state index contributed by atoms with van der Waals surface area (Å²) in [7, 11) is 0. The van der Waals surface area contributed by atoms with E-state index < -0.39 is 151 Å². The predicted molar refractivity (Wildman–Crippen MR) is 146 cm³/mol. The fourth-order valence-corrected chi connectivity index (χ4v) is 6.31. The molecule has 242 valence electrons. The quantitative estimate of drug-likeness (QED) is 0.0982. The SMILES string of the molecule is CC1(C)c2c(O)c(O)c(O)c3c2C(=O)O[C@H]1[C@H]1OC(=O)c2c(c(O)c(O)c(O)c2-3)-c2c(cc(O)c(O)c2O)C(=O)O[C@H](CO)[C@H]1O. The van der Waals surface area contributed by atoms with E-state index in [2.05, 4.69) is 0 Å². The van der Waals surface area contributed by atoms with Crippen molar-refractivity contribution in [2.45, 2.75) is 43.7 Å². The zero-order valence-corrected chi connectivity index (χ0v) is 23.5. The molecule has 11 N–H and O–H groups in total. The molecule has 46 heavy (non-hydrogen) atoms. The molecule has 17 nitrogen and oxygen atoms in total. The van der Waals surface area contributed by atoms with Crippen LogP contribution in [0.1, 0.15) is 50.5 Å². The first kappa shape index (κ1) is 30.2. The smallest absolute Gasteiger partial charge is 0.340 e. The minimum Gasteiger partial charge on any atom is -0.504 e. The summed E-state index contributed by atoms with van der Waals surface area (Å²) < 4.78 is 16.4. The van der Waals surface area contributed by atoms with Gasteiger partial charge in [-0.2, -0.15) is 0 Å². The Kier molecular flexibility index (Phi) is 6.30. The molecule has 0 aliphatic carbocycles. The number of esters is 3. The van der Waals surface area contributed by atoms with E-state index >= 15 is 0 Å². The van der Waals surface area contributed by atoms with Gasteiger partial charge >= 0.3 is 17.9 Å². The van der Waals surface area contributed by atoms with Crippen LogP contribution in [0.5, 0.6) is 51.7 Å². The molecular weight excluding hydrogens is 620 g/mol. The summed E-state index contributed by atoms with van der Waals surface area (Å²) in [6.07, 6.45) is -8.24.